The van der Waals surface area contributed by atoms with E-state index in [9.17, 15) is 23.3 Å². The van der Waals surface area contributed by atoms with Crippen molar-refractivity contribution in [3.63, 3.8) is 0 Å². The van der Waals surface area contributed by atoms with E-state index in [1.165, 1.54) is 30.2 Å². The van der Waals surface area contributed by atoms with Gasteiger partial charge in [-0.15, -0.1) is 0 Å². The molecule has 1 aliphatic rings. The molecule has 0 saturated carbocycles. The zero-order valence-electron chi connectivity index (χ0n) is 13.4. The molecule has 0 radical (unpaired) electrons. The van der Waals surface area contributed by atoms with Crippen LogP contribution in [-0.4, -0.2) is 56.6 Å². The maximum absolute atomic E-state index is 12.7. The minimum absolute atomic E-state index is 0.0700. The first-order chi connectivity index (χ1) is 11.2. The number of amides is 1. The van der Waals surface area contributed by atoms with Crippen LogP contribution in [0.25, 0.3) is 0 Å². The fourth-order valence-electron chi connectivity index (χ4n) is 2.70. The minimum Gasteiger partial charge on any atom is -0.497 e. The number of benzene rings is 1. The summed E-state index contributed by atoms with van der Waals surface area (Å²) < 4.78 is 30.2. The fourth-order valence-corrected chi connectivity index (χ4v) is 3.50. The lowest BCUT2D eigenvalue weighted by Gasteiger charge is -2.32. The summed E-state index contributed by atoms with van der Waals surface area (Å²) in [6, 6.07) is 3.57. The van der Waals surface area contributed by atoms with Gasteiger partial charge in [0.15, 0.2) is 0 Å². The molecule has 1 amide bonds. The van der Waals surface area contributed by atoms with Crippen molar-refractivity contribution in [2.24, 2.45) is 0 Å². The van der Waals surface area contributed by atoms with Crippen LogP contribution in [0.5, 0.6) is 5.75 Å². The van der Waals surface area contributed by atoms with Gasteiger partial charge in [0.1, 0.15) is 11.3 Å². The number of piperidine rings is 1. The Morgan fingerprint density at radius 2 is 2.17 bits per heavy atom. The molecule has 0 aliphatic carbocycles. The number of methoxy groups -OCH3 is 1. The molecule has 1 aromatic rings. The number of nitrogens with one attached hydrogen (secondary N) is 1. The SMILES string of the molecule is COc1ccc([N+](=O)[O-])c(C(=O)N2CCCC(NS(C)(=O)=O)C2)c1. The number of sulfonamides is 1. The molecule has 132 valence electrons. The largest absolute Gasteiger partial charge is 0.497 e. The summed E-state index contributed by atoms with van der Waals surface area (Å²) in [4.78, 5) is 24.7. The summed E-state index contributed by atoms with van der Waals surface area (Å²) in [5, 5.41) is 11.2. The Bertz CT molecular complexity index is 749. The molecule has 1 heterocycles. The van der Waals surface area contributed by atoms with E-state index in [4.69, 9.17) is 4.74 Å². The van der Waals surface area contributed by atoms with Gasteiger partial charge in [-0.1, -0.05) is 0 Å². The summed E-state index contributed by atoms with van der Waals surface area (Å²) >= 11 is 0. The minimum atomic E-state index is -3.39. The van der Waals surface area contributed by atoms with Crippen molar-refractivity contribution in [2.45, 2.75) is 18.9 Å². The third kappa shape index (κ3) is 4.42. The zero-order valence-corrected chi connectivity index (χ0v) is 14.2. The Hall–Kier alpha value is -2.20. The van der Waals surface area contributed by atoms with Crippen LogP contribution in [0, 0.1) is 10.1 Å². The number of ether oxygens (including phenoxy) is 1. The van der Waals surface area contributed by atoms with Crippen LogP contribution in [-0.2, 0) is 10.0 Å². The lowest BCUT2D eigenvalue weighted by Crippen LogP contribution is -2.49. The maximum atomic E-state index is 12.7. The van der Waals surface area contributed by atoms with Gasteiger partial charge in [0.05, 0.1) is 18.3 Å². The molecule has 9 nitrogen and oxygen atoms in total. The summed E-state index contributed by atoms with van der Waals surface area (Å²) in [5.74, 6) is -0.174. The number of carbonyl (C=O) groups is 1. The third-order valence-corrected chi connectivity index (χ3v) is 4.48. The number of carbonyl (C=O) groups excluding carboxylic acids is 1. The molecule has 10 heteroatoms. The monoisotopic (exact) mass is 357 g/mol. The van der Waals surface area contributed by atoms with Crippen LogP contribution in [0.1, 0.15) is 23.2 Å². The van der Waals surface area contributed by atoms with E-state index in [-0.39, 0.29) is 17.8 Å². The normalized spacial score (nSPS) is 18.2. The lowest BCUT2D eigenvalue weighted by atomic mass is 10.0. The van der Waals surface area contributed by atoms with E-state index in [1.807, 2.05) is 0 Å². The molecule has 1 unspecified atom stereocenters. The molecule has 2 rings (SSSR count). The molecule has 24 heavy (non-hydrogen) atoms. The summed E-state index contributed by atoms with van der Waals surface area (Å²) in [7, 11) is -1.98. The standard InChI is InChI=1S/C14H19N3O6S/c1-23-11-5-6-13(17(19)20)12(8-11)14(18)16-7-3-4-10(9-16)15-24(2,21)22/h5-6,8,10,15H,3-4,7,9H2,1-2H3. The Balaban J connectivity index is 2.26. The number of likely N-dealkylation sites (tertiary alicyclic amines) is 1. The van der Waals surface area contributed by atoms with Crippen molar-refractivity contribution in [1.29, 1.82) is 0 Å². The molecule has 1 N–H and O–H groups in total. The van der Waals surface area contributed by atoms with Crippen molar-refractivity contribution >= 4 is 21.6 Å². The van der Waals surface area contributed by atoms with Gasteiger partial charge in [0, 0.05) is 25.2 Å². The molecular formula is C14H19N3O6S. The Morgan fingerprint density at radius 1 is 1.46 bits per heavy atom. The number of hydrogen-bond acceptors (Lipinski definition) is 6. The van der Waals surface area contributed by atoms with Crippen LogP contribution in [0.2, 0.25) is 0 Å². The van der Waals surface area contributed by atoms with Crippen molar-refractivity contribution in [3.05, 3.63) is 33.9 Å². The molecule has 0 aromatic heterocycles. The van der Waals surface area contributed by atoms with Crippen LogP contribution >= 0.6 is 0 Å². The molecular weight excluding hydrogens is 338 g/mol. The molecule has 1 atom stereocenters. The number of nitrogens with zero attached hydrogens (tertiary/aromatic N) is 2. The van der Waals surface area contributed by atoms with Gasteiger partial charge in [-0.25, -0.2) is 13.1 Å². The highest BCUT2D eigenvalue weighted by molar-refractivity contribution is 7.88. The number of nitro benzene ring substituents is 1. The topological polar surface area (TPSA) is 119 Å². The molecule has 0 bridgehead atoms. The van der Waals surface area contributed by atoms with E-state index >= 15 is 0 Å². The number of nitro groups is 1. The van der Waals surface area contributed by atoms with Crippen LogP contribution in [0.15, 0.2) is 18.2 Å². The second-order valence-corrected chi connectivity index (χ2v) is 7.40. The first-order valence-electron chi connectivity index (χ1n) is 7.30. The molecule has 0 spiro atoms. The summed E-state index contributed by atoms with van der Waals surface area (Å²) in [6.07, 6.45) is 2.27. The van der Waals surface area contributed by atoms with Gasteiger partial charge in [-0.2, -0.15) is 0 Å². The summed E-state index contributed by atoms with van der Waals surface area (Å²) in [5.41, 5.74) is -0.377. The average Bonchev–Trinajstić information content (AvgIpc) is 2.52. The zero-order chi connectivity index (χ0) is 17.9. The summed E-state index contributed by atoms with van der Waals surface area (Å²) in [6.45, 7) is 0.579. The molecule has 1 fully saturated rings. The van der Waals surface area contributed by atoms with E-state index in [0.29, 0.717) is 25.1 Å². The quantitative estimate of drug-likeness (QED) is 0.614. The predicted octanol–water partition coefficient (Wildman–Crippen LogP) is 0.757. The first-order valence-corrected chi connectivity index (χ1v) is 9.19. The maximum Gasteiger partial charge on any atom is 0.282 e. The smallest absolute Gasteiger partial charge is 0.282 e. The van der Waals surface area contributed by atoms with Crippen molar-refractivity contribution in [1.82, 2.24) is 9.62 Å². The van der Waals surface area contributed by atoms with Gasteiger partial charge in [-0.05, 0) is 25.0 Å². The first kappa shape index (κ1) is 18.1. The highest BCUT2D eigenvalue weighted by atomic mass is 32.2. The van der Waals surface area contributed by atoms with Crippen molar-refractivity contribution < 1.29 is 22.9 Å². The van der Waals surface area contributed by atoms with Gasteiger partial charge in [0.25, 0.3) is 11.6 Å². The van der Waals surface area contributed by atoms with Crippen LogP contribution < -0.4 is 9.46 Å². The van der Waals surface area contributed by atoms with Gasteiger partial charge >= 0.3 is 0 Å². The van der Waals surface area contributed by atoms with E-state index in [0.717, 1.165) is 6.26 Å². The second-order valence-electron chi connectivity index (χ2n) is 5.62. The number of rotatable bonds is 5. The highest BCUT2D eigenvalue weighted by Crippen LogP contribution is 2.26. The lowest BCUT2D eigenvalue weighted by molar-refractivity contribution is -0.385. The van der Waals surface area contributed by atoms with Crippen molar-refractivity contribution in [2.75, 3.05) is 26.5 Å². The highest BCUT2D eigenvalue weighted by Gasteiger charge is 2.30. The average molecular weight is 357 g/mol. The van der Waals surface area contributed by atoms with Crippen molar-refractivity contribution in [3.8, 4) is 5.75 Å². The van der Waals surface area contributed by atoms with E-state index in [1.54, 1.807) is 0 Å². The second kappa shape index (κ2) is 7.14. The van der Waals surface area contributed by atoms with Gasteiger partial charge in [0.2, 0.25) is 10.0 Å². The molecule has 1 aromatic carbocycles. The predicted molar refractivity (Wildman–Crippen MR) is 86.6 cm³/mol. The Kier molecular flexibility index (Phi) is 5.40. The fraction of sp³-hybridized carbons (Fsp3) is 0.500. The third-order valence-electron chi connectivity index (χ3n) is 3.72. The number of hydrogen-bond donors (Lipinski definition) is 1. The molecule has 1 aliphatic heterocycles. The van der Waals surface area contributed by atoms with Crippen LogP contribution in [0.4, 0.5) is 5.69 Å². The van der Waals surface area contributed by atoms with E-state index in [2.05, 4.69) is 4.72 Å². The molecule has 1 saturated heterocycles. The Labute approximate surface area is 139 Å². The Morgan fingerprint density at radius 3 is 2.75 bits per heavy atom. The van der Waals surface area contributed by atoms with E-state index < -0.39 is 26.9 Å². The van der Waals surface area contributed by atoms with Gasteiger partial charge in [-0.3, -0.25) is 14.9 Å². The van der Waals surface area contributed by atoms with Crippen LogP contribution in [0.3, 0.4) is 0 Å². The van der Waals surface area contributed by atoms with Gasteiger partial charge < -0.3 is 9.64 Å².